The lowest BCUT2D eigenvalue weighted by molar-refractivity contribution is -0.273. The number of benzene rings is 3. The van der Waals surface area contributed by atoms with Gasteiger partial charge in [0.1, 0.15) is 29.5 Å². The van der Waals surface area contributed by atoms with E-state index in [9.17, 15) is 29.4 Å². The number of hydrogen-bond acceptors (Lipinski definition) is 11. The van der Waals surface area contributed by atoms with Gasteiger partial charge in [0.2, 0.25) is 6.29 Å². The number of rotatable bonds is 9. The summed E-state index contributed by atoms with van der Waals surface area (Å²) in [5.74, 6) is -2.08. The van der Waals surface area contributed by atoms with Crippen LogP contribution in [0.3, 0.4) is 0 Å². The lowest BCUT2D eigenvalue weighted by Gasteiger charge is -2.40. The van der Waals surface area contributed by atoms with Crippen LogP contribution in [-0.4, -0.2) is 64.6 Å². The van der Waals surface area contributed by atoms with Crippen LogP contribution < -0.4 is 14.2 Å². The molecule has 0 aliphatic carbocycles. The molecule has 0 bridgehead atoms. The molecular formula is C32H30O11. The van der Waals surface area contributed by atoms with Gasteiger partial charge in [0.05, 0.1) is 17.2 Å². The highest BCUT2D eigenvalue weighted by molar-refractivity contribution is 6.09. The summed E-state index contributed by atoms with van der Waals surface area (Å²) in [6.07, 6.45) is -3.49. The second-order valence-electron chi connectivity index (χ2n) is 9.66. The molecule has 0 spiro atoms. The Bertz CT molecular complexity index is 1500. The van der Waals surface area contributed by atoms with E-state index in [1.807, 2.05) is 0 Å². The molecule has 3 aromatic rings. The second-order valence-corrected chi connectivity index (χ2v) is 9.66. The third kappa shape index (κ3) is 8.13. The Hall–Kier alpha value is -4.84. The van der Waals surface area contributed by atoms with Crippen LogP contribution in [0.25, 0.3) is 6.08 Å². The van der Waals surface area contributed by atoms with Gasteiger partial charge >= 0.3 is 17.9 Å². The SMILES string of the molecule is CC(=O)Oc1cc(O[C@H]2O[C@@H](C)[C@H](O)[C@@H](O)[C@@H]2OC(C)=O)ccc1C(=O)/C=C/c1ccc(OC(=O)c2ccccc2)cc1. The molecule has 5 atom stereocenters. The van der Waals surface area contributed by atoms with Crippen molar-refractivity contribution in [3.8, 4) is 17.2 Å². The van der Waals surface area contributed by atoms with Crippen molar-refractivity contribution < 1.29 is 53.1 Å². The molecule has 1 saturated heterocycles. The molecule has 1 fully saturated rings. The molecule has 1 heterocycles. The first-order valence-electron chi connectivity index (χ1n) is 13.3. The van der Waals surface area contributed by atoms with Crippen LogP contribution in [0, 0.1) is 0 Å². The normalized spacial score (nSPS) is 21.6. The van der Waals surface area contributed by atoms with Crippen LogP contribution in [0.2, 0.25) is 0 Å². The maximum absolute atomic E-state index is 13.1. The Balaban J connectivity index is 1.48. The summed E-state index contributed by atoms with van der Waals surface area (Å²) in [6, 6.07) is 19.2. The zero-order valence-electron chi connectivity index (χ0n) is 23.5. The van der Waals surface area contributed by atoms with Crippen molar-refractivity contribution in [3.05, 3.63) is 95.6 Å². The van der Waals surface area contributed by atoms with Crippen LogP contribution in [0.1, 0.15) is 47.1 Å². The fourth-order valence-corrected chi connectivity index (χ4v) is 4.22. The quantitative estimate of drug-likeness (QED) is 0.163. The van der Waals surface area contributed by atoms with Crippen molar-refractivity contribution >= 4 is 29.8 Å². The summed E-state index contributed by atoms with van der Waals surface area (Å²) >= 11 is 0. The van der Waals surface area contributed by atoms with Crippen molar-refractivity contribution in [3.63, 3.8) is 0 Å². The first-order chi connectivity index (χ1) is 20.5. The molecule has 43 heavy (non-hydrogen) atoms. The van der Waals surface area contributed by atoms with Gasteiger partial charge in [-0.15, -0.1) is 0 Å². The summed E-state index contributed by atoms with van der Waals surface area (Å²) in [7, 11) is 0. The van der Waals surface area contributed by atoms with E-state index in [-0.39, 0.29) is 17.1 Å². The predicted molar refractivity (Wildman–Crippen MR) is 151 cm³/mol. The monoisotopic (exact) mass is 590 g/mol. The van der Waals surface area contributed by atoms with E-state index in [1.54, 1.807) is 60.7 Å². The van der Waals surface area contributed by atoms with E-state index < -0.39 is 54.4 Å². The molecule has 0 saturated carbocycles. The van der Waals surface area contributed by atoms with Gasteiger partial charge in [-0.3, -0.25) is 14.4 Å². The highest BCUT2D eigenvalue weighted by atomic mass is 16.7. The second kappa shape index (κ2) is 13.9. The number of allylic oxidation sites excluding steroid dienone is 1. The van der Waals surface area contributed by atoms with Crippen LogP contribution in [0.4, 0.5) is 0 Å². The highest BCUT2D eigenvalue weighted by Gasteiger charge is 2.46. The zero-order valence-corrected chi connectivity index (χ0v) is 23.5. The smallest absolute Gasteiger partial charge is 0.343 e. The van der Waals surface area contributed by atoms with Gasteiger partial charge in [-0.2, -0.15) is 0 Å². The lowest BCUT2D eigenvalue weighted by atomic mass is 10.00. The lowest BCUT2D eigenvalue weighted by Crippen LogP contribution is -2.59. The Labute approximate surface area is 247 Å². The van der Waals surface area contributed by atoms with E-state index in [2.05, 4.69) is 0 Å². The molecule has 0 aromatic heterocycles. The molecule has 1 aliphatic heterocycles. The molecular weight excluding hydrogens is 560 g/mol. The van der Waals surface area contributed by atoms with Crippen molar-refractivity contribution in [1.29, 1.82) is 0 Å². The molecule has 0 unspecified atom stereocenters. The molecule has 2 N–H and O–H groups in total. The third-order valence-corrected chi connectivity index (χ3v) is 6.34. The standard InChI is InChI=1S/C32H30O11/c1-18-28(36)29(37)30(41-20(3)34)32(39-18)43-24-14-15-25(27(17-24)40-19(2)33)26(35)16-11-21-9-12-23(13-10-21)42-31(38)22-7-5-4-6-8-22/h4-18,28-30,32,36-37H,1-3H3/b16-11+/t18-,28-,29+,30-,32+/m0/s1. The van der Waals surface area contributed by atoms with E-state index in [0.717, 1.165) is 6.92 Å². The molecule has 1 aliphatic rings. The number of ketones is 1. The van der Waals surface area contributed by atoms with Crippen LogP contribution >= 0.6 is 0 Å². The van der Waals surface area contributed by atoms with E-state index in [4.69, 9.17) is 23.7 Å². The Morgan fingerprint density at radius 2 is 1.49 bits per heavy atom. The highest BCUT2D eigenvalue weighted by Crippen LogP contribution is 2.31. The maximum atomic E-state index is 13.1. The predicted octanol–water partition coefficient (Wildman–Crippen LogP) is 3.50. The summed E-state index contributed by atoms with van der Waals surface area (Å²) in [5, 5.41) is 20.6. The van der Waals surface area contributed by atoms with E-state index in [0.29, 0.717) is 16.9 Å². The number of carbonyl (C=O) groups excluding carboxylic acids is 4. The van der Waals surface area contributed by atoms with Gasteiger partial charge in [0.15, 0.2) is 11.9 Å². The molecule has 11 nitrogen and oxygen atoms in total. The molecule has 0 radical (unpaired) electrons. The number of ether oxygens (including phenoxy) is 5. The topological polar surface area (TPSA) is 155 Å². The maximum Gasteiger partial charge on any atom is 0.343 e. The van der Waals surface area contributed by atoms with Gasteiger partial charge in [-0.25, -0.2) is 4.79 Å². The number of esters is 3. The minimum atomic E-state index is -1.48. The summed E-state index contributed by atoms with van der Waals surface area (Å²) < 4.78 is 27.1. The van der Waals surface area contributed by atoms with Crippen molar-refractivity contribution in [2.45, 2.75) is 51.5 Å². The van der Waals surface area contributed by atoms with Crippen LogP contribution in [0.5, 0.6) is 17.2 Å². The summed E-state index contributed by atoms with van der Waals surface area (Å²) in [6.45, 7) is 3.82. The number of aliphatic hydroxyl groups is 2. The van der Waals surface area contributed by atoms with E-state index in [1.165, 1.54) is 38.1 Å². The minimum absolute atomic E-state index is 0.0529. The first kappa shape index (κ1) is 31.1. The zero-order chi connectivity index (χ0) is 31.1. The van der Waals surface area contributed by atoms with Gasteiger partial charge in [0.25, 0.3) is 0 Å². The molecule has 4 rings (SSSR count). The van der Waals surface area contributed by atoms with Crippen molar-refractivity contribution in [2.75, 3.05) is 0 Å². The van der Waals surface area contributed by atoms with Gasteiger partial charge in [-0.1, -0.05) is 36.4 Å². The Kier molecular flexibility index (Phi) is 10.0. The number of carbonyl (C=O) groups is 4. The molecule has 224 valence electrons. The van der Waals surface area contributed by atoms with Crippen LogP contribution in [0.15, 0.2) is 78.9 Å². The van der Waals surface area contributed by atoms with Gasteiger partial charge in [0, 0.05) is 19.9 Å². The molecule has 0 amide bonds. The fourth-order valence-electron chi connectivity index (χ4n) is 4.22. The molecule has 3 aromatic carbocycles. The summed E-state index contributed by atoms with van der Waals surface area (Å²) in [4.78, 5) is 48.7. The first-order valence-corrected chi connectivity index (χ1v) is 13.3. The third-order valence-electron chi connectivity index (χ3n) is 6.34. The minimum Gasteiger partial charge on any atom is -0.461 e. The van der Waals surface area contributed by atoms with Crippen LogP contribution in [-0.2, 0) is 19.1 Å². The average molecular weight is 591 g/mol. The van der Waals surface area contributed by atoms with E-state index >= 15 is 0 Å². The fraction of sp³-hybridized carbons (Fsp3) is 0.250. The molecule has 11 heteroatoms. The van der Waals surface area contributed by atoms with Crippen molar-refractivity contribution in [2.24, 2.45) is 0 Å². The van der Waals surface area contributed by atoms with Gasteiger partial charge in [-0.05, 0) is 55.0 Å². The number of hydrogen-bond donors (Lipinski definition) is 2. The number of aliphatic hydroxyl groups excluding tert-OH is 2. The largest absolute Gasteiger partial charge is 0.461 e. The summed E-state index contributed by atoms with van der Waals surface area (Å²) in [5.41, 5.74) is 1.11. The average Bonchev–Trinajstić information content (AvgIpc) is 2.97. The van der Waals surface area contributed by atoms with Crippen molar-refractivity contribution in [1.82, 2.24) is 0 Å². The Morgan fingerprint density at radius 1 is 0.814 bits per heavy atom. The Morgan fingerprint density at radius 3 is 2.14 bits per heavy atom. The van der Waals surface area contributed by atoms with Gasteiger partial charge < -0.3 is 33.9 Å².